The number of benzene rings is 2. The van der Waals surface area contributed by atoms with Gasteiger partial charge in [-0.3, -0.25) is 0 Å². The SMILES string of the molecule is CCN(CCOCCOCCN)S(=O)(=O)c1cccc([C@@H]2CN(C)Cc3c(Cl)cc(Cl)cc32)c1. The number of rotatable bonds is 12. The first-order valence-electron chi connectivity index (χ1n) is 11.4. The fourth-order valence-electron chi connectivity index (χ4n) is 4.19. The van der Waals surface area contributed by atoms with Gasteiger partial charge in [-0.15, -0.1) is 0 Å². The van der Waals surface area contributed by atoms with Crippen LogP contribution >= 0.6 is 23.2 Å². The lowest BCUT2D eigenvalue weighted by atomic mass is 9.85. The summed E-state index contributed by atoms with van der Waals surface area (Å²) in [5.41, 5.74) is 8.36. The van der Waals surface area contributed by atoms with Gasteiger partial charge in [0.2, 0.25) is 10.0 Å². The van der Waals surface area contributed by atoms with Gasteiger partial charge in [0.15, 0.2) is 0 Å². The molecule has 7 nitrogen and oxygen atoms in total. The van der Waals surface area contributed by atoms with Crippen LogP contribution in [0, 0.1) is 0 Å². The highest BCUT2D eigenvalue weighted by molar-refractivity contribution is 7.89. The molecule has 1 atom stereocenters. The average molecular weight is 531 g/mol. The number of halogens is 2. The Morgan fingerprint density at radius 2 is 1.85 bits per heavy atom. The number of nitrogens with two attached hydrogens (primary N) is 1. The highest BCUT2D eigenvalue weighted by Crippen LogP contribution is 2.39. The van der Waals surface area contributed by atoms with Crippen molar-refractivity contribution in [2.45, 2.75) is 24.3 Å². The quantitative estimate of drug-likeness (QED) is 0.423. The highest BCUT2D eigenvalue weighted by atomic mass is 35.5. The summed E-state index contributed by atoms with van der Waals surface area (Å²) >= 11 is 12.8. The third kappa shape index (κ3) is 6.71. The highest BCUT2D eigenvalue weighted by Gasteiger charge is 2.29. The molecule has 0 aromatic heterocycles. The fourth-order valence-corrected chi connectivity index (χ4v) is 6.25. The molecule has 1 aliphatic heterocycles. The van der Waals surface area contributed by atoms with Gasteiger partial charge < -0.3 is 20.1 Å². The van der Waals surface area contributed by atoms with Crippen LogP contribution < -0.4 is 5.73 Å². The second kappa shape index (κ2) is 12.6. The molecule has 0 saturated carbocycles. The Morgan fingerprint density at radius 3 is 2.56 bits per heavy atom. The molecule has 0 radical (unpaired) electrons. The minimum absolute atomic E-state index is 0.0352. The fraction of sp³-hybridized carbons (Fsp3) is 0.500. The van der Waals surface area contributed by atoms with E-state index < -0.39 is 10.0 Å². The average Bonchev–Trinajstić information content (AvgIpc) is 2.81. The van der Waals surface area contributed by atoms with Gasteiger partial charge in [-0.25, -0.2) is 8.42 Å². The minimum atomic E-state index is -3.68. The third-order valence-electron chi connectivity index (χ3n) is 5.86. The molecule has 0 aliphatic carbocycles. The van der Waals surface area contributed by atoms with Crippen LogP contribution in [0.25, 0.3) is 0 Å². The second-order valence-corrected chi connectivity index (χ2v) is 11.1. The molecule has 2 aromatic carbocycles. The van der Waals surface area contributed by atoms with Crippen LogP contribution in [0.3, 0.4) is 0 Å². The molecule has 0 amide bonds. The molecule has 188 valence electrons. The summed E-state index contributed by atoms with van der Waals surface area (Å²) in [6, 6.07) is 10.9. The molecule has 0 spiro atoms. The zero-order valence-corrected chi connectivity index (χ0v) is 22.0. The minimum Gasteiger partial charge on any atom is -0.378 e. The Morgan fingerprint density at radius 1 is 1.12 bits per heavy atom. The van der Waals surface area contributed by atoms with Gasteiger partial charge in [0.1, 0.15) is 0 Å². The molecular formula is C24H33Cl2N3O4S. The van der Waals surface area contributed by atoms with Crippen LogP contribution in [0.15, 0.2) is 41.3 Å². The number of nitrogens with zero attached hydrogens (tertiary/aromatic N) is 2. The van der Waals surface area contributed by atoms with Crippen molar-refractivity contribution in [1.29, 1.82) is 0 Å². The van der Waals surface area contributed by atoms with Gasteiger partial charge in [-0.05, 0) is 48.0 Å². The molecule has 2 aromatic rings. The maximum Gasteiger partial charge on any atom is 0.243 e. The zero-order valence-electron chi connectivity index (χ0n) is 19.7. The van der Waals surface area contributed by atoms with Crippen molar-refractivity contribution in [3.8, 4) is 0 Å². The lowest BCUT2D eigenvalue weighted by Crippen LogP contribution is -2.34. The van der Waals surface area contributed by atoms with Crippen LogP contribution in [0.1, 0.15) is 29.5 Å². The lowest BCUT2D eigenvalue weighted by molar-refractivity contribution is 0.0475. The van der Waals surface area contributed by atoms with E-state index in [0.717, 1.165) is 29.8 Å². The molecule has 1 aliphatic rings. The first kappa shape index (κ1) is 27.4. The topological polar surface area (TPSA) is 85.1 Å². The van der Waals surface area contributed by atoms with E-state index in [1.54, 1.807) is 24.3 Å². The molecule has 34 heavy (non-hydrogen) atoms. The van der Waals surface area contributed by atoms with E-state index in [2.05, 4.69) is 4.90 Å². The predicted octanol–water partition coefficient (Wildman–Crippen LogP) is 3.57. The van der Waals surface area contributed by atoms with Gasteiger partial charge in [0, 0.05) is 48.7 Å². The number of hydrogen-bond acceptors (Lipinski definition) is 6. The summed E-state index contributed by atoms with van der Waals surface area (Å²) in [6.45, 7) is 5.96. The summed E-state index contributed by atoms with van der Waals surface area (Å²) in [6.07, 6.45) is 0. The third-order valence-corrected chi connectivity index (χ3v) is 8.39. The lowest BCUT2D eigenvalue weighted by Gasteiger charge is -2.33. The van der Waals surface area contributed by atoms with Crippen LogP contribution in [-0.4, -0.2) is 77.3 Å². The normalized spacial score (nSPS) is 16.7. The van der Waals surface area contributed by atoms with Crippen LogP contribution in [-0.2, 0) is 26.0 Å². The molecule has 3 rings (SSSR count). The first-order chi connectivity index (χ1) is 16.3. The molecule has 2 N–H and O–H groups in total. The van der Waals surface area contributed by atoms with Gasteiger partial charge in [-0.2, -0.15) is 4.31 Å². The van der Waals surface area contributed by atoms with Gasteiger partial charge in [0.05, 0.1) is 31.3 Å². The largest absolute Gasteiger partial charge is 0.378 e. The second-order valence-electron chi connectivity index (χ2n) is 8.29. The van der Waals surface area contributed by atoms with Crippen molar-refractivity contribution in [2.75, 3.05) is 59.7 Å². The standard InChI is InChI=1S/C24H33Cl2N3O4S/c1-3-29(8-10-33-12-11-32-9-7-27)34(30,31)20-6-4-5-18(13-20)22-16-28(2)17-23-21(22)14-19(25)15-24(23)26/h4-6,13-15,22H,3,7-12,16-17,27H2,1-2H3/t22-/m0/s1. The van der Waals surface area contributed by atoms with E-state index in [-0.39, 0.29) is 24.0 Å². The van der Waals surface area contributed by atoms with E-state index in [9.17, 15) is 8.42 Å². The van der Waals surface area contributed by atoms with Gasteiger partial charge in [0.25, 0.3) is 0 Å². The van der Waals surface area contributed by atoms with Crippen molar-refractivity contribution in [2.24, 2.45) is 5.73 Å². The molecule has 0 saturated heterocycles. The summed E-state index contributed by atoms with van der Waals surface area (Å²) < 4.78 is 39.0. The summed E-state index contributed by atoms with van der Waals surface area (Å²) in [5, 5.41) is 1.21. The Kier molecular flexibility index (Phi) is 10.2. The van der Waals surface area contributed by atoms with E-state index in [1.807, 2.05) is 26.1 Å². The molecule has 1 heterocycles. The molecule has 0 unspecified atom stereocenters. The summed E-state index contributed by atoms with van der Waals surface area (Å²) in [7, 11) is -1.65. The van der Waals surface area contributed by atoms with E-state index in [4.69, 9.17) is 38.4 Å². The van der Waals surface area contributed by atoms with E-state index in [1.165, 1.54) is 4.31 Å². The predicted molar refractivity (Wildman–Crippen MR) is 136 cm³/mol. The van der Waals surface area contributed by atoms with Gasteiger partial charge >= 0.3 is 0 Å². The maximum atomic E-state index is 13.4. The number of ether oxygens (including phenoxy) is 2. The number of hydrogen-bond donors (Lipinski definition) is 1. The maximum absolute atomic E-state index is 13.4. The summed E-state index contributed by atoms with van der Waals surface area (Å²) in [5.74, 6) is -0.0352. The van der Waals surface area contributed by atoms with Crippen molar-refractivity contribution in [1.82, 2.24) is 9.21 Å². The van der Waals surface area contributed by atoms with E-state index >= 15 is 0 Å². The number of fused-ring (bicyclic) bond motifs is 1. The monoisotopic (exact) mass is 529 g/mol. The number of likely N-dealkylation sites (N-methyl/N-ethyl adjacent to an activating group) is 2. The van der Waals surface area contributed by atoms with Crippen LogP contribution in [0.2, 0.25) is 10.0 Å². The Labute approximate surface area is 212 Å². The van der Waals surface area contributed by atoms with E-state index in [0.29, 0.717) is 43.0 Å². The van der Waals surface area contributed by atoms with Crippen molar-refractivity contribution >= 4 is 33.2 Å². The van der Waals surface area contributed by atoms with Crippen molar-refractivity contribution < 1.29 is 17.9 Å². The number of sulfonamides is 1. The molecule has 0 bridgehead atoms. The Balaban J connectivity index is 1.78. The Hall–Kier alpha value is -1.23. The van der Waals surface area contributed by atoms with Crippen molar-refractivity contribution in [3.05, 3.63) is 63.1 Å². The summed E-state index contributed by atoms with van der Waals surface area (Å²) in [4.78, 5) is 2.45. The Bertz CT molecular complexity index is 1070. The smallest absolute Gasteiger partial charge is 0.243 e. The molecular weight excluding hydrogens is 497 g/mol. The molecule has 10 heteroatoms. The first-order valence-corrected chi connectivity index (χ1v) is 13.6. The van der Waals surface area contributed by atoms with Crippen molar-refractivity contribution in [3.63, 3.8) is 0 Å². The van der Waals surface area contributed by atoms with Gasteiger partial charge in [-0.1, -0.05) is 42.3 Å². The zero-order chi connectivity index (χ0) is 24.7. The molecule has 0 fully saturated rings. The van der Waals surface area contributed by atoms with Crippen LogP contribution in [0.5, 0.6) is 0 Å². The van der Waals surface area contributed by atoms with Crippen LogP contribution in [0.4, 0.5) is 0 Å².